The zero-order valence-corrected chi connectivity index (χ0v) is 29.0. The smallest absolute Gasteiger partial charge is 0.418 e. The summed E-state index contributed by atoms with van der Waals surface area (Å²) in [7, 11) is 1.28. The lowest BCUT2D eigenvalue weighted by molar-refractivity contribution is -0.133. The lowest BCUT2D eigenvalue weighted by Gasteiger charge is -2.40. The third-order valence-electron chi connectivity index (χ3n) is 8.89. The summed E-state index contributed by atoms with van der Waals surface area (Å²) in [5.41, 5.74) is 0.836. The van der Waals surface area contributed by atoms with Gasteiger partial charge in [-0.25, -0.2) is 9.59 Å². The summed E-state index contributed by atoms with van der Waals surface area (Å²) < 4.78 is 6.30. The first-order valence-corrected chi connectivity index (χ1v) is 16.9. The second kappa shape index (κ2) is 17.0. The van der Waals surface area contributed by atoms with Gasteiger partial charge in [-0.1, -0.05) is 65.2 Å². The topological polar surface area (TPSA) is 162 Å². The van der Waals surface area contributed by atoms with Crippen molar-refractivity contribution in [3.05, 3.63) is 36.0 Å². The van der Waals surface area contributed by atoms with Crippen LogP contribution in [0.1, 0.15) is 98.5 Å². The highest BCUT2D eigenvalue weighted by Crippen LogP contribution is 2.26. The maximum absolute atomic E-state index is 14.1. The van der Waals surface area contributed by atoms with E-state index in [0.717, 1.165) is 32.1 Å². The van der Waals surface area contributed by atoms with E-state index < -0.39 is 42.3 Å². The molecule has 0 bridgehead atoms. The van der Waals surface area contributed by atoms with Gasteiger partial charge in [0.25, 0.3) is 0 Å². The largest absolute Gasteiger partial charge is 0.452 e. The van der Waals surface area contributed by atoms with E-state index in [1.807, 2.05) is 53.7 Å². The summed E-state index contributed by atoms with van der Waals surface area (Å²) in [6.07, 6.45) is 5.06. The Kier molecular flexibility index (Phi) is 13.6. The summed E-state index contributed by atoms with van der Waals surface area (Å²) in [5, 5.41) is 29.4. The van der Waals surface area contributed by atoms with E-state index in [9.17, 15) is 29.4 Å². The molecule has 1 aromatic heterocycles. The zero-order valence-electron chi connectivity index (χ0n) is 29.0. The highest BCUT2D eigenvalue weighted by Gasteiger charge is 2.35. The average molecular weight is 658 g/mol. The Labute approximate surface area is 278 Å². The minimum absolute atomic E-state index is 0.0122. The lowest BCUT2D eigenvalue weighted by atomic mass is 9.87. The van der Waals surface area contributed by atoms with Gasteiger partial charge in [-0.15, -0.1) is 0 Å². The first-order chi connectivity index (χ1) is 22.2. The molecule has 5 atom stereocenters. The molecule has 1 unspecified atom stereocenters. The first kappa shape index (κ1) is 37.8. The quantitative estimate of drug-likeness (QED) is 0.157. The molecule has 4 amide bonds. The van der Waals surface area contributed by atoms with Gasteiger partial charge < -0.3 is 35.8 Å². The van der Waals surface area contributed by atoms with Gasteiger partial charge in [-0.3, -0.25) is 14.2 Å². The van der Waals surface area contributed by atoms with Gasteiger partial charge in [0.15, 0.2) is 6.29 Å². The van der Waals surface area contributed by atoms with Crippen LogP contribution in [0.25, 0.3) is 10.9 Å². The molecule has 1 aliphatic rings. The summed E-state index contributed by atoms with van der Waals surface area (Å²) in [6, 6.07) is 3.83. The molecule has 47 heavy (non-hydrogen) atoms. The molecular weight excluding hydrogens is 602 g/mol. The summed E-state index contributed by atoms with van der Waals surface area (Å²) in [5.74, 6) is -1.14. The number of piperidine rings is 1. The van der Waals surface area contributed by atoms with E-state index in [0.29, 0.717) is 35.7 Å². The van der Waals surface area contributed by atoms with Crippen LogP contribution in [0.15, 0.2) is 30.5 Å². The Hall–Kier alpha value is -3.64. The predicted molar refractivity (Wildman–Crippen MR) is 181 cm³/mol. The minimum Gasteiger partial charge on any atom is -0.452 e. The SMILES string of the molecule is CCCCCC(NC(=O)[C@H](Cc1cn(C(=O)OC)c2ccccc12)NC(=O)[C@@H](CC(C)(C)C)NC(=O)N1[C@H](C)CCC[C@@H]1C)C(O)O. The molecule has 5 N–H and O–H groups in total. The Morgan fingerprint density at radius 1 is 0.957 bits per heavy atom. The molecule has 12 nitrogen and oxygen atoms in total. The van der Waals surface area contributed by atoms with E-state index in [2.05, 4.69) is 16.0 Å². The van der Waals surface area contributed by atoms with Crippen molar-refractivity contribution < 1.29 is 34.1 Å². The molecule has 262 valence electrons. The van der Waals surface area contributed by atoms with Crippen LogP contribution in [-0.4, -0.2) is 87.2 Å². The number of likely N-dealkylation sites (tertiary alicyclic amines) is 1. The number of para-hydroxylation sites is 1. The number of nitrogens with one attached hydrogen (secondary N) is 3. The van der Waals surface area contributed by atoms with Crippen molar-refractivity contribution in [2.24, 2.45) is 5.41 Å². The molecule has 3 rings (SSSR count). The number of carbonyl (C=O) groups excluding carboxylic acids is 4. The highest BCUT2D eigenvalue weighted by molar-refractivity contribution is 5.95. The van der Waals surface area contributed by atoms with Gasteiger partial charge in [-0.2, -0.15) is 0 Å². The maximum atomic E-state index is 14.1. The fourth-order valence-electron chi connectivity index (χ4n) is 6.42. The van der Waals surface area contributed by atoms with E-state index in [1.54, 1.807) is 23.2 Å². The van der Waals surface area contributed by atoms with Crippen molar-refractivity contribution in [3.8, 4) is 0 Å². The Balaban J connectivity index is 1.96. The van der Waals surface area contributed by atoms with Crippen LogP contribution in [0.5, 0.6) is 0 Å². The van der Waals surface area contributed by atoms with Crippen LogP contribution in [-0.2, 0) is 20.7 Å². The molecule has 0 radical (unpaired) electrons. The van der Waals surface area contributed by atoms with Crippen LogP contribution in [0.3, 0.4) is 0 Å². The third-order valence-corrected chi connectivity index (χ3v) is 8.89. The number of ether oxygens (including phenoxy) is 1. The Bertz CT molecular complexity index is 1360. The van der Waals surface area contributed by atoms with Gasteiger partial charge in [0.05, 0.1) is 18.7 Å². The fourth-order valence-corrected chi connectivity index (χ4v) is 6.42. The number of nitrogens with zero attached hydrogens (tertiary/aromatic N) is 2. The Morgan fingerprint density at radius 2 is 1.60 bits per heavy atom. The van der Waals surface area contributed by atoms with Crippen molar-refractivity contribution in [1.29, 1.82) is 0 Å². The minimum atomic E-state index is -1.80. The molecule has 0 saturated carbocycles. The number of rotatable bonds is 13. The molecule has 1 aromatic carbocycles. The number of hydrogen-bond donors (Lipinski definition) is 5. The molecule has 0 aliphatic carbocycles. The number of hydrogen-bond acceptors (Lipinski definition) is 7. The van der Waals surface area contributed by atoms with Crippen LogP contribution >= 0.6 is 0 Å². The van der Waals surface area contributed by atoms with Crippen molar-refractivity contribution in [3.63, 3.8) is 0 Å². The van der Waals surface area contributed by atoms with Crippen molar-refractivity contribution in [2.45, 2.75) is 136 Å². The molecule has 1 saturated heterocycles. The standard InChI is InChI=1S/C35H55N5O7/c1-8-9-10-17-26(32(43)44)36-30(41)27(19-24-21-39(34(46)47-7)29-18-12-11-16-25(24)29)37-31(42)28(20-35(4,5)6)38-33(45)40-22(2)14-13-15-23(40)3/h11-12,16,18,21-23,26-28,32,43-44H,8-10,13-15,17,19-20H2,1-7H3,(H,36,41)(H,37,42)(H,38,45)/t22-,23+,26?,27-,28+/m0/s1. The number of amides is 4. The number of methoxy groups -OCH3 is 1. The van der Waals surface area contributed by atoms with Crippen LogP contribution in [0.2, 0.25) is 0 Å². The average Bonchev–Trinajstić information content (AvgIpc) is 3.37. The van der Waals surface area contributed by atoms with Crippen molar-refractivity contribution >= 4 is 34.8 Å². The normalized spacial score (nSPS) is 18.8. The number of benzene rings is 1. The van der Waals surface area contributed by atoms with E-state index in [-0.39, 0.29) is 30.0 Å². The van der Waals surface area contributed by atoms with Gasteiger partial charge in [0.1, 0.15) is 12.1 Å². The highest BCUT2D eigenvalue weighted by atomic mass is 16.5. The summed E-state index contributed by atoms with van der Waals surface area (Å²) in [4.78, 5) is 55.9. The monoisotopic (exact) mass is 657 g/mol. The third kappa shape index (κ3) is 10.4. The molecular formula is C35H55N5O7. The van der Waals surface area contributed by atoms with Crippen LogP contribution < -0.4 is 16.0 Å². The molecule has 1 aliphatic heterocycles. The zero-order chi connectivity index (χ0) is 34.9. The summed E-state index contributed by atoms with van der Waals surface area (Å²) in [6.45, 7) is 12.0. The number of unbranched alkanes of at least 4 members (excludes halogenated alkanes) is 2. The van der Waals surface area contributed by atoms with E-state index in [1.165, 1.54) is 11.7 Å². The maximum Gasteiger partial charge on any atom is 0.418 e. The van der Waals surface area contributed by atoms with Gasteiger partial charge in [-0.05, 0) is 63.0 Å². The fraction of sp³-hybridized carbons (Fsp3) is 0.657. The number of urea groups is 1. The number of aromatic nitrogens is 1. The van der Waals surface area contributed by atoms with Crippen molar-refractivity contribution in [1.82, 2.24) is 25.4 Å². The molecule has 1 fully saturated rings. The van der Waals surface area contributed by atoms with Gasteiger partial charge in [0, 0.05) is 30.1 Å². The van der Waals surface area contributed by atoms with Gasteiger partial charge >= 0.3 is 12.1 Å². The second-order valence-electron chi connectivity index (χ2n) is 14.1. The van der Waals surface area contributed by atoms with E-state index >= 15 is 0 Å². The van der Waals surface area contributed by atoms with Crippen LogP contribution in [0, 0.1) is 5.41 Å². The molecule has 12 heteroatoms. The van der Waals surface area contributed by atoms with Gasteiger partial charge in [0.2, 0.25) is 11.8 Å². The lowest BCUT2D eigenvalue weighted by Crippen LogP contribution is -2.60. The summed E-state index contributed by atoms with van der Waals surface area (Å²) >= 11 is 0. The van der Waals surface area contributed by atoms with E-state index in [4.69, 9.17) is 4.74 Å². The second-order valence-corrected chi connectivity index (χ2v) is 14.1. The molecule has 0 spiro atoms. The molecule has 2 heterocycles. The number of fused-ring (bicyclic) bond motifs is 1. The number of aliphatic hydroxyl groups excluding tert-OH is 1. The number of carbonyl (C=O) groups is 4. The predicted octanol–water partition coefficient (Wildman–Crippen LogP) is 4.44. The van der Waals surface area contributed by atoms with Crippen LogP contribution in [0.4, 0.5) is 9.59 Å². The molecule has 2 aromatic rings. The Morgan fingerprint density at radius 3 is 2.19 bits per heavy atom. The first-order valence-electron chi connectivity index (χ1n) is 16.9. The van der Waals surface area contributed by atoms with Crippen molar-refractivity contribution in [2.75, 3.05) is 7.11 Å². The number of aliphatic hydroxyl groups is 2.